The van der Waals surface area contributed by atoms with Crippen LogP contribution in [0.25, 0.3) is 10.9 Å². The number of aromatic nitrogens is 1. The van der Waals surface area contributed by atoms with E-state index in [0.717, 1.165) is 18.4 Å². The molecular weight excluding hydrogens is 272 g/mol. The Balaban J connectivity index is 1.55. The van der Waals surface area contributed by atoms with Crippen molar-refractivity contribution >= 4 is 16.8 Å². The molecule has 1 heterocycles. The van der Waals surface area contributed by atoms with Gasteiger partial charge in [-0.1, -0.05) is 29.8 Å². The zero-order valence-electron chi connectivity index (χ0n) is 12.5. The maximum absolute atomic E-state index is 12.3. The van der Waals surface area contributed by atoms with Gasteiger partial charge in [-0.05, 0) is 43.2 Å². The summed E-state index contributed by atoms with van der Waals surface area (Å²) in [5.74, 6) is 0.0104. The molecule has 1 amide bonds. The maximum atomic E-state index is 12.3. The van der Waals surface area contributed by atoms with Crippen molar-refractivity contribution in [2.45, 2.75) is 25.8 Å². The van der Waals surface area contributed by atoms with Crippen LogP contribution in [0.5, 0.6) is 0 Å². The average Bonchev–Trinajstić information content (AvgIpc) is 3.05. The number of carbonyl (C=O) groups is 1. The molecule has 0 spiro atoms. The second-order valence-corrected chi connectivity index (χ2v) is 6.08. The van der Waals surface area contributed by atoms with Crippen LogP contribution >= 0.6 is 0 Å². The molecule has 0 radical (unpaired) electrons. The predicted octanol–water partition coefficient (Wildman–Crippen LogP) is 3.37. The van der Waals surface area contributed by atoms with E-state index >= 15 is 0 Å². The van der Waals surface area contributed by atoms with Crippen LogP contribution in [0, 0.1) is 6.92 Å². The van der Waals surface area contributed by atoms with Gasteiger partial charge in [-0.25, -0.2) is 0 Å². The zero-order valence-corrected chi connectivity index (χ0v) is 12.5. The van der Waals surface area contributed by atoms with Gasteiger partial charge in [0.05, 0.1) is 0 Å². The molecular formula is C19H18N2O. The number of rotatable bonds is 2. The van der Waals surface area contributed by atoms with Crippen molar-refractivity contribution in [3.8, 4) is 0 Å². The summed E-state index contributed by atoms with van der Waals surface area (Å²) in [7, 11) is 0. The third kappa shape index (κ3) is 2.19. The first-order valence-corrected chi connectivity index (χ1v) is 7.67. The molecule has 0 aliphatic heterocycles. The molecule has 0 bridgehead atoms. The van der Waals surface area contributed by atoms with E-state index in [4.69, 9.17) is 0 Å². The third-order valence-corrected chi connectivity index (χ3v) is 4.42. The lowest BCUT2D eigenvalue weighted by Gasteiger charge is -2.12. The number of H-pyrrole nitrogens is 1. The van der Waals surface area contributed by atoms with Gasteiger partial charge < -0.3 is 10.3 Å². The number of benzene rings is 2. The van der Waals surface area contributed by atoms with Crippen LogP contribution < -0.4 is 5.32 Å². The Kier molecular flexibility index (Phi) is 3.00. The van der Waals surface area contributed by atoms with Crippen molar-refractivity contribution in [2.75, 3.05) is 0 Å². The summed E-state index contributed by atoms with van der Waals surface area (Å²) in [6.07, 6.45) is 1.78. The summed E-state index contributed by atoms with van der Waals surface area (Å²) in [4.78, 5) is 15.8. The van der Waals surface area contributed by atoms with E-state index < -0.39 is 0 Å². The number of aromatic amines is 1. The highest BCUT2D eigenvalue weighted by Crippen LogP contribution is 2.30. The van der Waals surface area contributed by atoms with Crippen LogP contribution in [-0.4, -0.2) is 16.9 Å². The van der Waals surface area contributed by atoms with E-state index in [1.165, 1.54) is 27.7 Å². The Morgan fingerprint density at radius 1 is 1.14 bits per heavy atom. The molecule has 0 saturated carbocycles. The van der Waals surface area contributed by atoms with Crippen molar-refractivity contribution in [3.63, 3.8) is 0 Å². The fraction of sp³-hybridized carbons (Fsp3) is 0.211. The fourth-order valence-electron chi connectivity index (χ4n) is 3.35. The van der Waals surface area contributed by atoms with E-state index in [2.05, 4.69) is 35.4 Å². The minimum absolute atomic E-state index is 0.0104. The first-order valence-electron chi connectivity index (χ1n) is 7.67. The maximum Gasteiger partial charge on any atom is 0.251 e. The van der Waals surface area contributed by atoms with Gasteiger partial charge in [-0.2, -0.15) is 0 Å². The van der Waals surface area contributed by atoms with E-state index in [-0.39, 0.29) is 11.9 Å². The molecule has 3 nitrogen and oxygen atoms in total. The number of amides is 1. The predicted molar refractivity (Wildman–Crippen MR) is 88.1 cm³/mol. The Morgan fingerprint density at radius 2 is 1.95 bits per heavy atom. The van der Waals surface area contributed by atoms with Crippen molar-refractivity contribution in [1.82, 2.24) is 10.3 Å². The molecule has 0 saturated heterocycles. The van der Waals surface area contributed by atoms with Crippen LogP contribution in [0.3, 0.4) is 0 Å². The quantitative estimate of drug-likeness (QED) is 0.746. The third-order valence-electron chi connectivity index (χ3n) is 4.42. The number of carbonyl (C=O) groups excluding carboxylic acids is 1. The van der Waals surface area contributed by atoms with Gasteiger partial charge in [0.2, 0.25) is 0 Å². The monoisotopic (exact) mass is 290 g/mol. The lowest BCUT2D eigenvalue weighted by molar-refractivity contribution is 0.0938. The van der Waals surface area contributed by atoms with Crippen molar-refractivity contribution < 1.29 is 4.79 Å². The molecule has 2 N–H and O–H groups in total. The highest BCUT2D eigenvalue weighted by Gasteiger charge is 2.26. The van der Waals surface area contributed by atoms with Gasteiger partial charge in [-0.3, -0.25) is 4.79 Å². The second-order valence-electron chi connectivity index (χ2n) is 6.08. The number of hydrogen-bond donors (Lipinski definition) is 2. The smallest absolute Gasteiger partial charge is 0.251 e. The Morgan fingerprint density at radius 3 is 2.77 bits per heavy atom. The van der Waals surface area contributed by atoms with Gasteiger partial charge in [0.1, 0.15) is 0 Å². The number of aryl methyl sites for hydroxylation is 1. The number of hydrogen-bond acceptors (Lipinski definition) is 1. The van der Waals surface area contributed by atoms with E-state index in [0.29, 0.717) is 0 Å². The van der Waals surface area contributed by atoms with Gasteiger partial charge in [0.25, 0.3) is 5.91 Å². The molecule has 1 aliphatic rings. The Labute approximate surface area is 129 Å². The summed E-state index contributed by atoms with van der Waals surface area (Å²) in [5.41, 5.74) is 5.81. The van der Waals surface area contributed by atoms with Crippen LogP contribution in [0.4, 0.5) is 0 Å². The minimum atomic E-state index is 0.0104. The standard InChI is InChI=1S/C19H18N2O/c1-12-7-8-17-15(9-12)16-10-14(11-18(16)21-17)20-19(22)13-5-3-2-4-6-13/h2-9,14,21H,10-11H2,1H3,(H,20,22). The fourth-order valence-corrected chi connectivity index (χ4v) is 3.35. The molecule has 22 heavy (non-hydrogen) atoms. The molecule has 3 heteroatoms. The Hall–Kier alpha value is -2.55. The van der Waals surface area contributed by atoms with Crippen molar-refractivity contribution in [1.29, 1.82) is 0 Å². The van der Waals surface area contributed by atoms with Crippen LogP contribution in [0.1, 0.15) is 27.2 Å². The summed E-state index contributed by atoms with van der Waals surface area (Å²) in [6.45, 7) is 2.11. The van der Waals surface area contributed by atoms with Crippen LogP contribution in [0.2, 0.25) is 0 Å². The molecule has 1 aliphatic carbocycles. The van der Waals surface area contributed by atoms with Crippen LogP contribution in [-0.2, 0) is 12.8 Å². The number of nitrogens with one attached hydrogen (secondary N) is 2. The molecule has 4 rings (SSSR count). The topological polar surface area (TPSA) is 44.9 Å². The zero-order chi connectivity index (χ0) is 15.1. The highest BCUT2D eigenvalue weighted by atomic mass is 16.1. The first-order chi connectivity index (χ1) is 10.7. The summed E-state index contributed by atoms with van der Waals surface area (Å²) in [5, 5.41) is 4.45. The largest absolute Gasteiger partial charge is 0.358 e. The minimum Gasteiger partial charge on any atom is -0.358 e. The Bertz CT molecular complexity index is 849. The lowest BCUT2D eigenvalue weighted by Crippen LogP contribution is -2.35. The first kappa shape index (κ1) is 13.1. The second kappa shape index (κ2) is 5.02. The SMILES string of the molecule is Cc1ccc2[nH]c3c(c2c1)CC(NC(=O)c1ccccc1)C3. The van der Waals surface area contributed by atoms with E-state index in [1.54, 1.807) is 0 Å². The summed E-state index contributed by atoms with van der Waals surface area (Å²) in [6, 6.07) is 16.1. The molecule has 110 valence electrons. The molecule has 1 aromatic heterocycles. The molecule has 2 aromatic carbocycles. The summed E-state index contributed by atoms with van der Waals surface area (Å²) < 4.78 is 0. The van der Waals surface area contributed by atoms with Crippen LogP contribution in [0.15, 0.2) is 48.5 Å². The number of fused-ring (bicyclic) bond motifs is 3. The van der Waals surface area contributed by atoms with Gasteiger partial charge in [0.15, 0.2) is 0 Å². The molecule has 0 fully saturated rings. The highest BCUT2D eigenvalue weighted by molar-refractivity contribution is 5.94. The molecule has 1 atom stereocenters. The van der Waals surface area contributed by atoms with Gasteiger partial charge >= 0.3 is 0 Å². The van der Waals surface area contributed by atoms with E-state index in [9.17, 15) is 4.79 Å². The average molecular weight is 290 g/mol. The lowest BCUT2D eigenvalue weighted by atomic mass is 10.1. The summed E-state index contributed by atoms with van der Waals surface area (Å²) >= 11 is 0. The van der Waals surface area contributed by atoms with Gasteiger partial charge in [-0.15, -0.1) is 0 Å². The van der Waals surface area contributed by atoms with Crippen molar-refractivity contribution in [3.05, 3.63) is 70.9 Å². The van der Waals surface area contributed by atoms with Crippen molar-refractivity contribution in [2.24, 2.45) is 0 Å². The van der Waals surface area contributed by atoms with Gasteiger partial charge in [0, 0.05) is 34.6 Å². The molecule has 3 aromatic rings. The van der Waals surface area contributed by atoms with E-state index in [1.807, 2.05) is 30.3 Å². The molecule has 1 unspecified atom stereocenters. The normalized spacial score (nSPS) is 16.7.